The van der Waals surface area contributed by atoms with Gasteiger partial charge in [0.25, 0.3) is 3.79 Å². The van der Waals surface area contributed by atoms with Gasteiger partial charge in [0.1, 0.15) is 0 Å². The van der Waals surface area contributed by atoms with Crippen LogP contribution in [0.1, 0.15) is 6.92 Å². The largest absolute Gasteiger partial charge is 0.425 e. The Bertz CT molecular complexity index is 162. The van der Waals surface area contributed by atoms with Gasteiger partial charge in [-0.2, -0.15) is 0 Å². The maximum absolute atomic E-state index is 6.91. The molecule has 0 saturated heterocycles. The van der Waals surface area contributed by atoms with Gasteiger partial charge in [-0.1, -0.05) is 34.8 Å². The molecule has 0 fully saturated rings. The van der Waals surface area contributed by atoms with Crippen LogP contribution < -0.4 is 0 Å². The van der Waals surface area contributed by atoms with Crippen LogP contribution in [0.4, 0.5) is 0 Å². The van der Waals surface area contributed by atoms with Crippen LogP contribution in [0.25, 0.3) is 0 Å². The second-order valence-electron chi connectivity index (χ2n) is 1.49. The Kier molecular flexibility index (Phi) is 3.42. The molecule has 0 atom stereocenters. The number of hydrogen-bond donors (Lipinski definition) is 2. The maximum atomic E-state index is 6.91. The molecule has 10 heavy (non-hydrogen) atoms. The highest BCUT2D eigenvalue weighted by Gasteiger charge is 2.28. The minimum absolute atomic E-state index is 0.184. The molecule has 2 N–H and O–H groups in total. The second-order valence-corrected chi connectivity index (χ2v) is 3.77. The van der Waals surface area contributed by atoms with Gasteiger partial charge in [0.05, 0.1) is 0 Å². The van der Waals surface area contributed by atoms with Gasteiger partial charge in [0, 0.05) is 6.92 Å². The first kappa shape index (κ1) is 10.0. The Labute approximate surface area is 73.2 Å². The Hall–Kier alpha value is 0.01000. The van der Waals surface area contributed by atoms with Gasteiger partial charge in [-0.05, 0) is 0 Å². The predicted molar refractivity (Wildman–Crippen MR) is 42.5 cm³/mol. The molecule has 0 amide bonds. The molecule has 0 aliphatic carbocycles. The van der Waals surface area contributed by atoms with Crippen molar-refractivity contribution in [2.24, 2.45) is 0 Å². The van der Waals surface area contributed by atoms with Gasteiger partial charge in [0.2, 0.25) is 5.90 Å². The van der Waals surface area contributed by atoms with Gasteiger partial charge < -0.3 is 4.74 Å². The third-order valence-corrected chi connectivity index (χ3v) is 1.03. The summed E-state index contributed by atoms with van der Waals surface area (Å²) in [6, 6.07) is 0. The van der Waals surface area contributed by atoms with Crippen molar-refractivity contribution in [1.82, 2.24) is 0 Å². The zero-order valence-corrected chi connectivity index (χ0v) is 7.31. The Morgan fingerprint density at radius 3 is 1.80 bits per heavy atom. The third-order valence-electron chi connectivity index (χ3n) is 0.513. The molecule has 0 saturated carbocycles. The average molecular weight is 203 g/mol. The first-order valence-corrected chi connectivity index (χ1v) is 3.36. The first-order valence-electron chi connectivity index (χ1n) is 2.23. The van der Waals surface area contributed by atoms with Gasteiger partial charge in [0.15, 0.2) is 5.90 Å². The van der Waals surface area contributed by atoms with Crippen LogP contribution in [0.2, 0.25) is 0 Å². The summed E-state index contributed by atoms with van der Waals surface area (Å²) < 4.78 is 2.51. The second kappa shape index (κ2) is 3.42. The molecule has 0 spiro atoms. The monoisotopic (exact) mass is 202 g/mol. The molecule has 0 radical (unpaired) electrons. The summed E-state index contributed by atoms with van der Waals surface area (Å²) in [6.45, 7) is 1.34. The van der Waals surface area contributed by atoms with Crippen LogP contribution in [0.3, 0.4) is 0 Å². The Balaban J connectivity index is 3.99. The third kappa shape index (κ3) is 3.93. The van der Waals surface area contributed by atoms with Crippen molar-refractivity contribution in [3.63, 3.8) is 0 Å². The lowest BCUT2D eigenvalue weighted by Gasteiger charge is -2.11. The minimum Gasteiger partial charge on any atom is -0.425 e. The molecule has 0 aliphatic rings. The van der Waals surface area contributed by atoms with Gasteiger partial charge >= 0.3 is 0 Å². The van der Waals surface area contributed by atoms with Gasteiger partial charge in [-0.3, -0.25) is 10.8 Å². The predicted octanol–water partition coefficient (Wildman–Crippen LogP) is 2.35. The van der Waals surface area contributed by atoms with Crippen LogP contribution in [-0.2, 0) is 4.74 Å². The molecular weight excluding hydrogens is 198 g/mol. The van der Waals surface area contributed by atoms with Gasteiger partial charge in [-0.15, -0.1) is 0 Å². The number of halogens is 3. The number of rotatable bonds is 0. The van der Waals surface area contributed by atoms with Crippen LogP contribution in [-0.4, -0.2) is 15.6 Å². The molecular formula is C4H5Cl3N2O. The van der Waals surface area contributed by atoms with E-state index in [0.717, 1.165) is 0 Å². The first-order chi connectivity index (χ1) is 4.34. The summed E-state index contributed by atoms with van der Waals surface area (Å²) in [5, 5.41) is 13.7. The fourth-order valence-electron chi connectivity index (χ4n) is 0.211. The summed E-state index contributed by atoms with van der Waals surface area (Å²) in [6.07, 6.45) is 0. The number of hydrogen-bond acceptors (Lipinski definition) is 3. The topological polar surface area (TPSA) is 56.9 Å². The molecule has 0 rings (SSSR count). The van der Waals surface area contributed by atoms with Crippen molar-refractivity contribution in [2.75, 3.05) is 0 Å². The van der Waals surface area contributed by atoms with Crippen LogP contribution in [0, 0.1) is 10.8 Å². The smallest absolute Gasteiger partial charge is 0.266 e. The molecule has 0 aliphatic heterocycles. The normalized spacial score (nSPS) is 10.8. The minimum atomic E-state index is -1.87. The summed E-state index contributed by atoms with van der Waals surface area (Å²) >= 11 is 15.6. The number of nitrogens with one attached hydrogen (secondary N) is 2. The van der Waals surface area contributed by atoms with E-state index < -0.39 is 9.69 Å². The fraction of sp³-hybridized carbons (Fsp3) is 0.500. The Morgan fingerprint density at radius 1 is 1.30 bits per heavy atom. The Morgan fingerprint density at radius 2 is 1.70 bits per heavy atom. The molecule has 58 valence electrons. The molecule has 0 aromatic heterocycles. The van der Waals surface area contributed by atoms with E-state index in [9.17, 15) is 0 Å². The van der Waals surface area contributed by atoms with Crippen molar-refractivity contribution in [3.8, 4) is 0 Å². The SMILES string of the molecule is CC(=N)OC(=N)C(Cl)(Cl)Cl. The standard InChI is InChI=1S/C4H5Cl3N2O/c1-2(8)10-3(9)4(5,6)7/h8-9H,1H3. The van der Waals surface area contributed by atoms with E-state index in [0.29, 0.717) is 0 Å². The summed E-state index contributed by atoms with van der Waals surface area (Å²) in [4.78, 5) is 0. The molecule has 3 nitrogen and oxygen atoms in total. The van der Waals surface area contributed by atoms with Crippen molar-refractivity contribution >= 4 is 46.6 Å². The van der Waals surface area contributed by atoms with E-state index >= 15 is 0 Å². The molecule has 0 unspecified atom stereocenters. The van der Waals surface area contributed by atoms with Gasteiger partial charge in [-0.25, -0.2) is 0 Å². The lowest BCUT2D eigenvalue weighted by Crippen LogP contribution is -2.22. The van der Waals surface area contributed by atoms with E-state index in [-0.39, 0.29) is 5.90 Å². The van der Waals surface area contributed by atoms with Crippen LogP contribution in [0.15, 0.2) is 0 Å². The average Bonchev–Trinajstić information content (AvgIpc) is 1.60. The van der Waals surface area contributed by atoms with Crippen molar-refractivity contribution < 1.29 is 4.74 Å². The van der Waals surface area contributed by atoms with E-state index in [2.05, 4.69) is 4.74 Å². The quantitative estimate of drug-likeness (QED) is 0.354. The van der Waals surface area contributed by atoms with Crippen LogP contribution >= 0.6 is 34.8 Å². The fourth-order valence-corrected chi connectivity index (χ4v) is 0.327. The van der Waals surface area contributed by atoms with Crippen molar-refractivity contribution in [3.05, 3.63) is 0 Å². The molecule has 0 heterocycles. The van der Waals surface area contributed by atoms with E-state index in [1.165, 1.54) is 6.92 Å². The highest BCUT2D eigenvalue weighted by Crippen LogP contribution is 2.27. The lowest BCUT2D eigenvalue weighted by molar-refractivity contribution is 0.519. The highest BCUT2D eigenvalue weighted by atomic mass is 35.6. The zero-order chi connectivity index (χ0) is 8.36. The van der Waals surface area contributed by atoms with E-state index in [1.54, 1.807) is 0 Å². The summed E-state index contributed by atoms with van der Waals surface area (Å²) in [5.41, 5.74) is 0. The number of ether oxygens (including phenoxy) is 1. The summed E-state index contributed by atoms with van der Waals surface area (Å²) in [5.74, 6) is -0.749. The van der Waals surface area contributed by atoms with E-state index in [1.807, 2.05) is 0 Å². The van der Waals surface area contributed by atoms with Crippen molar-refractivity contribution in [2.45, 2.75) is 10.7 Å². The molecule has 0 aromatic carbocycles. The van der Waals surface area contributed by atoms with Crippen molar-refractivity contribution in [1.29, 1.82) is 10.8 Å². The number of alkyl halides is 3. The molecule has 0 bridgehead atoms. The van der Waals surface area contributed by atoms with Crippen LogP contribution in [0.5, 0.6) is 0 Å². The maximum Gasteiger partial charge on any atom is 0.266 e. The van der Waals surface area contributed by atoms with E-state index in [4.69, 9.17) is 45.6 Å². The highest BCUT2D eigenvalue weighted by molar-refractivity contribution is 6.76. The molecule has 6 heteroatoms. The molecule has 0 aromatic rings. The zero-order valence-electron chi connectivity index (χ0n) is 5.04. The lowest BCUT2D eigenvalue weighted by atomic mass is 10.7. The summed E-state index contributed by atoms with van der Waals surface area (Å²) in [7, 11) is 0.